The van der Waals surface area contributed by atoms with Crippen molar-refractivity contribution in [2.24, 2.45) is 0 Å². The fourth-order valence-electron chi connectivity index (χ4n) is 9.81. The lowest BCUT2D eigenvalue weighted by Crippen LogP contribution is -2.00. The minimum absolute atomic E-state index is 0.617. The van der Waals surface area contributed by atoms with Crippen LogP contribution < -0.4 is 0 Å². The quantitative estimate of drug-likeness (QED) is 0.168. The van der Waals surface area contributed by atoms with E-state index in [1.54, 1.807) is 0 Å². The smallest absolute Gasteiger partial charge is 0.164 e. The molecule has 0 aliphatic heterocycles. The average Bonchev–Trinajstić information content (AvgIpc) is 4.01. The fraction of sp³-hybridized carbons (Fsp3) is 0. The highest BCUT2D eigenvalue weighted by atomic mass is 15.1. The standard InChI is InChI=1S/C57H36N6/c1-6-20-37(21-7-1)55-58-56(38-22-8-2-9-23-38)60-57(59-55)39-34-35-48-45(36-39)51-53-49(44-31-17-19-33-47(44)62(53)41-26-12-4-13-27-41)52-50(54(51)63(48)42-28-14-5-15-29-42)43-30-16-18-32-46(43)61(52)40-24-10-3-11-25-40/h1-36H. The van der Waals surface area contributed by atoms with Crippen molar-refractivity contribution in [1.29, 1.82) is 0 Å². The molecule has 0 aliphatic rings. The summed E-state index contributed by atoms with van der Waals surface area (Å²) in [5, 5.41) is 7.06. The van der Waals surface area contributed by atoms with E-state index in [9.17, 15) is 0 Å². The van der Waals surface area contributed by atoms with Gasteiger partial charge in [0.2, 0.25) is 0 Å². The summed E-state index contributed by atoms with van der Waals surface area (Å²) in [6.45, 7) is 0. The van der Waals surface area contributed by atoms with E-state index in [4.69, 9.17) is 15.0 Å². The summed E-state index contributed by atoms with van der Waals surface area (Å²) >= 11 is 0. The van der Waals surface area contributed by atoms with Gasteiger partial charge in [-0.1, -0.05) is 152 Å². The maximum Gasteiger partial charge on any atom is 0.164 e. The molecule has 9 aromatic carbocycles. The summed E-state index contributed by atoms with van der Waals surface area (Å²) in [7, 11) is 0. The van der Waals surface area contributed by atoms with E-state index in [0.717, 1.165) is 72.1 Å². The summed E-state index contributed by atoms with van der Waals surface area (Å²) in [4.78, 5) is 15.4. The first-order valence-electron chi connectivity index (χ1n) is 21.3. The Hall–Kier alpha value is -8.61. The van der Waals surface area contributed by atoms with Crippen molar-refractivity contribution < 1.29 is 0 Å². The Kier molecular flexibility index (Phi) is 7.80. The Balaban J connectivity index is 1.27. The molecule has 0 N–H and O–H groups in total. The highest BCUT2D eigenvalue weighted by Gasteiger charge is 2.29. The molecule has 13 rings (SSSR count). The molecule has 6 nitrogen and oxygen atoms in total. The highest BCUT2D eigenvalue weighted by molar-refractivity contribution is 6.40. The van der Waals surface area contributed by atoms with Gasteiger partial charge >= 0.3 is 0 Å². The Bertz CT molecular complexity index is 3770. The molecule has 13 aromatic rings. The number of nitrogens with zero attached hydrogens (tertiary/aromatic N) is 6. The second-order valence-corrected chi connectivity index (χ2v) is 16.0. The summed E-state index contributed by atoms with van der Waals surface area (Å²) in [5.41, 5.74) is 12.9. The predicted molar refractivity (Wildman–Crippen MR) is 259 cm³/mol. The van der Waals surface area contributed by atoms with E-state index in [-0.39, 0.29) is 0 Å². The number of fused-ring (bicyclic) bond motifs is 12. The lowest BCUT2D eigenvalue weighted by atomic mass is 10.0. The van der Waals surface area contributed by atoms with Crippen molar-refractivity contribution in [3.63, 3.8) is 0 Å². The molecular formula is C57H36N6. The fourth-order valence-corrected chi connectivity index (χ4v) is 9.81. The van der Waals surface area contributed by atoms with Crippen LogP contribution in [-0.4, -0.2) is 28.7 Å². The van der Waals surface area contributed by atoms with Crippen LogP contribution in [0, 0.1) is 0 Å². The van der Waals surface area contributed by atoms with Gasteiger partial charge in [-0.25, -0.2) is 15.0 Å². The lowest BCUT2D eigenvalue weighted by molar-refractivity contribution is 1.07. The third-order valence-electron chi connectivity index (χ3n) is 12.4. The molecule has 0 saturated carbocycles. The number of hydrogen-bond acceptors (Lipinski definition) is 3. The van der Waals surface area contributed by atoms with Crippen LogP contribution in [0.1, 0.15) is 0 Å². The van der Waals surface area contributed by atoms with Crippen LogP contribution >= 0.6 is 0 Å². The van der Waals surface area contributed by atoms with Gasteiger partial charge in [-0.15, -0.1) is 0 Å². The van der Waals surface area contributed by atoms with Crippen LogP contribution in [0.4, 0.5) is 0 Å². The molecule has 0 fully saturated rings. The van der Waals surface area contributed by atoms with Crippen molar-refractivity contribution in [2.45, 2.75) is 0 Å². The van der Waals surface area contributed by atoms with Gasteiger partial charge in [0, 0.05) is 66.1 Å². The predicted octanol–water partition coefficient (Wildman–Crippen LogP) is 14.2. The average molecular weight is 805 g/mol. The van der Waals surface area contributed by atoms with Gasteiger partial charge in [0.1, 0.15) is 0 Å². The van der Waals surface area contributed by atoms with Gasteiger partial charge < -0.3 is 13.7 Å². The summed E-state index contributed by atoms with van der Waals surface area (Å²) in [6, 6.07) is 77.3. The maximum atomic E-state index is 5.20. The Morgan fingerprint density at radius 3 is 0.984 bits per heavy atom. The molecule has 6 heteroatoms. The zero-order valence-corrected chi connectivity index (χ0v) is 34.0. The first-order chi connectivity index (χ1) is 31.3. The van der Waals surface area contributed by atoms with E-state index in [2.05, 4.69) is 196 Å². The lowest BCUT2D eigenvalue weighted by Gasteiger charge is -2.13. The molecule has 63 heavy (non-hydrogen) atoms. The van der Waals surface area contributed by atoms with Crippen LogP contribution in [0.15, 0.2) is 218 Å². The van der Waals surface area contributed by atoms with Crippen molar-refractivity contribution in [2.75, 3.05) is 0 Å². The van der Waals surface area contributed by atoms with Crippen LogP contribution in [0.2, 0.25) is 0 Å². The van der Waals surface area contributed by atoms with Gasteiger partial charge in [0.05, 0.1) is 33.1 Å². The second kappa shape index (κ2) is 14.0. The van der Waals surface area contributed by atoms with Crippen LogP contribution in [0.25, 0.3) is 117 Å². The van der Waals surface area contributed by atoms with Gasteiger partial charge in [0.15, 0.2) is 17.5 Å². The number of benzene rings is 9. The molecule has 4 aromatic heterocycles. The molecule has 4 heterocycles. The molecule has 0 bridgehead atoms. The Labute approximate surface area is 362 Å². The van der Waals surface area contributed by atoms with E-state index in [0.29, 0.717) is 17.5 Å². The van der Waals surface area contributed by atoms with E-state index in [1.165, 1.54) is 27.1 Å². The molecule has 0 spiro atoms. The van der Waals surface area contributed by atoms with Gasteiger partial charge in [-0.05, 0) is 66.7 Å². The minimum atomic E-state index is 0.617. The third-order valence-corrected chi connectivity index (χ3v) is 12.4. The SMILES string of the molecule is c1ccc(-c2nc(-c3ccccc3)nc(-c3ccc4c(c3)c3c5c(c6ccccc6n5-c5ccccc5)c5c(c6ccccc6n5-c5ccccc5)c3n4-c3ccccc3)n2)cc1. The second-order valence-electron chi connectivity index (χ2n) is 16.0. The topological polar surface area (TPSA) is 53.5 Å². The monoisotopic (exact) mass is 804 g/mol. The maximum absolute atomic E-state index is 5.20. The number of rotatable bonds is 6. The first-order valence-corrected chi connectivity index (χ1v) is 21.3. The number of aromatic nitrogens is 6. The van der Waals surface area contributed by atoms with Crippen LogP contribution in [0.3, 0.4) is 0 Å². The zero-order valence-electron chi connectivity index (χ0n) is 34.0. The Morgan fingerprint density at radius 1 is 0.254 bits per heavy atom. The van der Waals surface area contributed by atoms with Crippen molar-refractivity contribution in [3.05, 3.63) is 218 Å². The van der Waals surface area contributed by atoms with Crippen molar-refractivity contribution in [3.8, 4) is 51.2 Å². The summed E-state index contributed by atoms with van der Waals surface area (Å²) < 4.78 is 7.43. The largest absolute Gasteiger partial charge is 0.308 e. The highest BCUT2D eigenvalue weighted by Crippen LogP contribution is 2.50. The normalized spacial score (nSPS) is 11.8. The molecule has 0 radical (unpaired) electrons. The minimum Gasteiger partial charge on any atom is -0.308 e. The van der Waals surface area contributed by atoms with E-state index < -0.39 is 0 Å². The zero-order chi connectivity index (χ0) is 41.4. The third kappa shape index (κ3) is 5.35. The van der Waals surface area contributed by atoms with Crippen LogP contribution in [-0.2, 0) is 0 Å². The van der Waals surface area contributed by atoms with Gasteiger partial charge in [0.25, 0.3) is 0 Å². The van der Waals surface area contributed by atoms with Crippen molar-refractivity contribution in [1.82, 2.24) is 28.7 Å². The molecule has 0 atom stereocenters. The molecule has 294 valence electrons. The number of para-hydroxylation sites is 5. The van der Waals surface area contributed by atoms with E-state index in [1.807, 2.05) is 36.4 Å². The number of hydrogen-bond donors (Lipinski definition) is 0. The Morgan fingerprint density at radius 2 is 0.571 bits per heavy atom. The molecule has 0 amide bonds. The van der Waals surface area contributed by atoms with Gasteiger partial charge in [-0.3, -0.25) is 0 Å². The van der Waals surface area contributed by atoms with Crippen molar-refractivity contribution >= 4 is 65.4 Å². The molecule has 0 aliphatic carbocycles. The summed E-state index contributed by atoms with van der Waals surface area (Å²) in [6.07, 6.45) is 0. The van der Waals surface area contributed by atoms with E-state index >= 15 is 0 Å². The molecule has 0 saturated heterocycles. The molecule has 0 unspecified atom stereocenters. The first kappa shape index (κ1) is 35.2. The summed E-state index contributed by atoms with van der Waals surface area (Å²) in [5.74, 6) is 1.88. The molecular weight excluding hydrogens is 769 g/mol. The van der Waals surface area contributed by atoms with Gasteiger partial charge in [-0.2, -0.15) is 0 Å². The van der Waals surface area contributed by atoms with Crippen LogP contribution in [0.5, 0.6) is 0 Å².